The Balaban J connectivity index is 1.98. The Kier molecular flexibility index (Phi) is 3.82. The third kappa shape index (κ3) is 3.20. The molecule has 96 valence electrons. The summed E-state index contributed by atoms with van der Waals surface area (Å²) in [6.07, 6.45) is 2.10. The van der Waals surface area contributed by atoms with Crippen LogP contribution >= 0.6 is 0 Å². The number of nitrogens with zero attached hydrogens (tertiary/aromatic N) is 3. The fourth-order valence-corrected chi connectivity index (χ4v) is 2.16. The van der Waals surface area contributed by atoms with Crippen molar-refractivity contribution in [1.29, 1.82) is 0 Å². The molecule has 0 aliphatic carbocycles. The lowest BCUT2D eigenvalue weighted by Gasteiger charge is -2.16. The molecule has 3 nitrogen and oxygen atoms in total. The first-order valence-electron chi connectivity index (χ1n) is 6.28. The molecule has 0 N–H and O–H groups in total. The molecular weight excluding hydrogens is 222 g/mol. The molecule has 0 bridgehead atoms. The van der Waals surface area contributed by atoms with E-state index in [1.165, 1.54) is 16.7 Å². The van der Waals surface area contributed by atoms with E-state index in [1.807, 2.05) is 11.7 Å². The molecule has 0 unspecified atom stereocenters. The Morgan fingerprint density at radius 1 is 1.11 bits per heavy atom. The maximum Gasteiger partial charge on any atom is 0.0638 e. The van der Waals surface area contributed by atoms with Crippen LogP contribution in [0, 0.1) is 13.8 Å². The second kappa shape index (κ2) is 5.36. The Hall–Kier alpha value is -1.61. The standard InChI is InChI=1S/C15H21N3/c1-12-5-7-14(8-6-12)9-17(3)10-15-11-18(4)16-13(15)2/h5-8,11H,9-10H2,1-4H3. The predicted octanol–water partition coefficient (Wildman–Crippen LogP) is 2.67. The molecule has 18 heavy (non-hydrogen) atoms. The van der Waals surface area contributed by atoms with Gasteiger partial charge in [0.15, 0.2) is 0 Å². The zero-order valence-corrected chi connectivity index (χ0v) is 11.6. The van der Waals surface area contributed by atoms with Gasteiger partial charge < -0.3 is 0 Å². The third-order valence-corrected chi connectivity index (χ3v) is 3.13. The van der Waals surface area contributed by atoms with Crippen LogP contribution in [0.1, 0.15) is 22.4 Å². The van der Waals surface area contributed by atoms with Gasteiger partial charge in [-0.15, -0.1) is 0 Å². The first-order valence-corrected chi connectivity index (χ1v) is 6.28. The van der Waals surface area contributed by atoms with Crippen molar-refractivity contribution in [1.82, 2.24) is 14.7 Å². The maximum absolute atomic E-state index is 4.37. The zero-order chi connectivity index (χ0) is 13.1. The molecular formula is C15H21N3. The van der Waals surface area contributed by atoms with E-state index in [4.69, 9.17) is 0 Å². The number of aryl methyl sites for hydroxylation is 3. The Bertz CT molecular complexity index is 511. The summed E-state index contributed by atoms with van der Waals surface area (Å²) in [7, 11) is 4.11. The summed E-state index contributed by atoms with van der Waals surface area (Å²) < 4.78 is 1.88. The van der Waals surface area contributed by atoms with Crippen molar-refractivity contribution in [3.63, 3.8) is 0 Å². The number of aromatic nitrogens is 2. The van der Waals surface area contributed by atoms with E-state index in [0.29, 0.717) is 0 Å². The van der Waals surface area contributed by atoms with E-state index in [2.05, 4.69) is 61.4 Å². The van der Waals surface area contributed by atoms with Crippen molar-refractivity contribution in [3.8, 4) is 0 Å². The first kappa shape index (κ1) is 12.8. The normalized spacial score (nSPS) is 11.2. The van der Waals surface area contributed by atoms with Gasteiger partial charge in [0.25, 0.3) is 0 Å². The lowest BCUT2D eigenvalue weighted by atomic mass is 10.1. The largest absolute Gasteiger partial charge is 0.298 e. The number of benzene rings is 1. The molecule has 0 spiro atoms. The molecule has 0 saturated carbocycles. The minimum Gasteiger partial charge on any atom is -0.298 e. The monoisotopic (exact) mass is 243 g/mol. The molecule has 0 atom stereocenters. The lowest BCUT2D eigenvalue weighted by Crippen LogP contribution is -2.17. The average Bonchev–Trinajstić information content (AvgIpc) is 2.61. The van der Waals surface area contributed by atoms with Crippen molar-refractivity contribution < 1.29 is 0 Å². The summed E-state index contributed by atoms with van der Waals surface area (Å²) in [6.45, 7) is 6.09. The van der Waals surface area contributed by atoms with E-state index >= 15 is 0 Å². The Morgan fingerprint density at radius 3 is 2.33 bits per heavy atom. The Morgan fingerprint density at radius 2 is 1.78 bits per heavy atom. The number of rotatable bonds is 4. The minimum atomic E-state index is 0.938. The van der Waals surface area contributed by atoms with Crippen LogP contribution in [-0.4, -0.2) is 21.7 Å². The molecule has 0 saturated heterocycles. The summed E-state index contributed by atoms with van der Waals surface area (Å²) in [5.41, 5.74) is 5.08. The summed E-state index contributed by atoms with van der Waals surface area (Å²) in [6, 6.07) is 8.72. The molecule has 0 aliphatic rings. The summed E-state index contributed by atoms with van der Waals surface area (Å²) in [5.74, 6) is 0. The lowest BCUT2D eigenvalue weighted by molar-refractivity contribution is 0.318. The van der Waals surface area contributed by atoms with E-state index in [0.717, 1.165) is 18.8 Å². The Labute approximate surface area is 109 Å². The fourth-order valence-electron chi connectivity index (χ4n) is 2.16. The molecule has 1 heterocycles. The SMILES string of the molecule is Cc1ccc(CN(C)Cc2cn(C)nc2C)cc1. The van der Waals surface area contributed by atoms with E-state index in [9.17, 15) is 0 Å². The molecule has 2 rings (SSSR count). The van der Waals surface area contributed by atoms with Crippen molar-refractivity contribution in [3.05, 3.63) is 52.8 Å². The van der Waals surface area contributed by atoms with Gasteiger partial charge >= 0.3 is 0 Å². The van der Waals surface area contributed by atoms with Gasteiger partial charge in [0, 0.05) is 31.9 Å². The molecule has 1 aromatic carbocycles. The van der Waals surface area contributed by atoms with Crippen LogP contribution < -0.4 is 0 Å². The van der Waals surface area contributed by atoms with Gasteiger partial charge in [0.05, 0.1) is 5.69 Å². The van der Waals surface area contributed by atoms with Crippen LogP contribution in [0.15, 0.2) is 30.5 Å². The maximum atomic E-state index is 4.37. The van der Waals surface area contributed by atoms with Gasteiger partial charge in [-0.05, 0) is 26.5 Å². The fraction of sp³-hybridized carbons (Fsp3) is 0.400. The van der Waals surface area contributed by atoms with Crippen LogP contribution in [0.4, 0.5) is 0 Å². The van der Waals surface area contributed by atoms with E-state index in [1.54, 1.807) is 0 Å². The highest BCUT2D eigenvalue weighted by Gasteiger charge is 2.07. The van der Waals surface area contributed by atoms with Gasteiger partial charge in [-0.25, -0.2) is 0 Å². The van der Waals surface area contributed by atoms with Gasteiger partial charge in [-0.3, -0.25) is 9.58 Å². The van der Waals surface area contributed by atoms with Crippen molar-refractivity contribution >= 4 is 0 Å². The van der Waals surface area contributed by atoms with Crippen LogP contribution in [-0.2, 0) is 20.1 Å². The van der Waals surface area contributed by atoms with E-state index in [-0.39, 0.29) is 0 Å². The highest BCUT2D eigenvalue weighted by molar-refractivity contribution is 5.21. The smallest absolute Gasteiger partial charge is 0.0638 e. The van der Waals surface area contributed by atoms with Crippen LogP contribution in [0.5, 0.6) is 0 Å². The molecule has 0 amide bonds. The van der Waals surface area contributed by atoms with Crippen LogP contribution in [0.25, 0.3) is 0 Å². The van der Waals surface area contributed by atoms with Crippen LogP contribution in [0.2, 0.25) is 0 Å². The molecule has 0 fully saturated rings. The second-order valence-electron chi connectivity index (χ2n) is 5.07. The van der Waals surface area contributed by atoms with Gasteiger partial charge in [-0.1, -0.05) is 29.8 Å². The van der Waals surface area contributed by atoms with Crippen molar-refractivity contribution in [2.45, 2.75) is 26.9 Å². The highest BCUT2D eigenvalue weighted by atomic mass is 15.3. The number of hydrogen-bond donors (Lipinski definition) is 0. The summed E-state index contributed by atoms with van der Waals surface area (Å²) in [5, 5.41) is 4.37. The molecule has 0 aliphatic heterocycles. The average molecular weight is 243 g/mol. The quantitative estimate of drug-likeness (QED) is 0.823. The van der Waals surface area contributed by atoms with E-state index < -0.39 is 0 Å². The summed E-state index contributed by atoms with van der Waals surface area (Å²) in [4.78, 5) is 2.31. The topological polar surface area (TPSA) is 21.1 Å². The third-order valence-electron chi connectivity index (χ3n) is 3.13. The second-order valence-corrected chi connectivity index (χ2v) is 5.07. The predicted molar refractivity (Wildman–Crippen MR) is 74.3 cm³/mol. The van der Waals surface area contributed by atoms with Crippen LogP contribution in [0.3, 0.4) is 0 Å². The van der Waals surface area contributed by atoms with Crippen molar-refractivity contribution in [2.24, 2.45) is 7.05 Å². The molecule has 1 aromatic heterocycles. The summed E-state index contributed by atoms with van der Waals surface area (Å²) >= 11 is 0. The van der Waals surface area contributed by atoms with Gasteiger partial charge in [0.1, 0.15) is 0 Å². The van der Waals surface area contributed by atoms with Gasteiger partial charge in [0.2, 0.25) is 0 Å². The molecule has 3 heteroatoms. The molecule has 0 radical (unpaired) electrons. The molecule has 2 aromatic rings. The minimum absolute atomic E-state index is 0.938. The van der Waals surface area contributed by atoms with Crippen molar-refractivity contribution in [2.75, 3.05) is 7.05 Å². The number of hydrogen-bond acceptors (Lipinski definition) is 2. The van der Waals surface area contributed by atoms with Gasteiger partial charge in [-0.2, -0.15) is 5.10 Å². The highest BCUT2D eigenvalue weighted by Crippen LogP contribution is 2.11. The zero-order valence-electron chi connectivity index (χ0n) is 11.6. The first-order chi connectivity index (χ1) is 8.54.